The highest BCUT2D eigenvalue weighted by Crippen LogP contribution is 2.49. The second kappa shape index (κ2) is 15.0. The third kappa shape index (κ3) is 6.96. The van der Waals surface area contributed by atoms with Crippen LogP contribution >= 0.6 is 11.6 Å². The summed E-state index contributed by atoms with van der Waals surface area (Å²) in [6, 6.07) is 13.9. The molecule has 0 saturated heterocycles. The molecule has 0 radical (unpaired) electrons. The fourth-order valence-corrected chi connectivity index (χ4v) is 5.29. The van der Waals surface area contributed by atoms with E-state index in [-0.39, 0.29) is 32.1 Å². The number of amides is 1. The first-order valence-electron chi connectivity index (χ1n) is 13.8. The lowest BCUT2D eigenvalue weighted by Crippen LogP contribution is -2.40. The van der Waals surface area contributed by atoms with Crippen molar-refractivity contribution in [3.63, 3.8) is 0 Å². The van der Waals surface area contributed by atoms with Crippen molar-refractivity contribution in [1.82, 2.24) is 0 Å². The van der Waals surface area contributed by atoms with Crippen molar-refractivity contribution in [2.24, 2.45) is 0 Å². The number of nitrogens with zero attached hydrogens (tertiary/aromatic N) is 1. The van der Waals surface area contributed by atoms with Gasteiger partial charge in [-0.3, -0.25) is 9.59 Å². The summed E-state index contributed by atoms with van der Waals surface area (Å²) in [6.07, 6.45) is -2.56. The fraction of sp³-hybridized carbons (Fsp3) is 0.375. The van der Waals surface area contributed by atoms with Crippen LogP contribution in [0, 0.1) is 0 Å². The first-order chi connectivity index (χ1) is 21.3. The monoisotopic (exact) mass is 629 g/mol. The van der Waals surface area contributed by atoms with Gasteiger partial charge in [0.05, 0.1) is 53.7 Å². The third-order valence-corrected chi connectivity index (χ3v) is 7.21. The van der Waals surface area contributed by atoms with Crippen LogP contribution in [0.1, 0.15) is 36.1 Å². The van der Waals surface area contributed by atoms with E-state index in [2.05, 4.69) is 0 Å². The SMILES string of the molecule is CCOC(=O)CC1OC(c2cccc(OC)c2OC)c2cc(Cl)cc(OCOC)c2N(Cc2ccc(OC)cc2OC)C1=O. The Hall–Kier alpha value is -4.19. The molecule has 12 heteroatoms. The summed E-state index contributed by atoms with van der Waals surface area (Å²) < 4.78 is 45.2. The molecule has 1 aliphatic rings. The average molecular weight is 630 g/mol. The molecule has 0 N–H and O–H groups in total. The highest BCUT2D eigenvalue weighted by Gasteiger charge is 2.41. The number of halogens is 1. The molecule has 3 aromatic rings. The second-order valence-electron chi connectivity index (χ2n) is 9.59. The summed E-state index contributed by atoms with van der Waals surface area (Å²) in [5, 5.41) is 0.323. The lowest BCUT2D eigenvalue weighted by Gasteiger charge is -2.28. The number of hydrogen-bond donors (Lipinski definition) is 0. The lowest BCUT2D eigenvalue weighted by molar-refractivity contribution is -0.151. The molecular formula is C32H36ClNO10. The number of anilines is 1. The van der Waals surface area contributed by atoms with Crippen LogP contribution in [0.5, 0.6) is 28.7 Å². The molecule has 2 unspecified atom stereocenters. The molecule has 11 nitrogen and oxygen atoms in total. The Kier molecular flexibility index (Phi) is 11.2. The normalized spacial score (nSPS) is 16.1. The topological polar surface area (TPSA) is 111 Å². The van der Waals surface area contributed by atoms with Crippen LogP contribution in [0.3, 0.4) is 0 Å². The largest absolute Gasteiger partial charge is 0.497 e. The van der Waals surface area contributed by atoms with E-state index < -0.39 is 24.1 Å². The average Bonchev–Trinajstić information content (AvgIpc) is 3.13. The molecule has 3 aromatic carbocycles. The van der Waals surface area contributed by atoms with Gasteiger partial charge >= 0.3 is 5.97 Å². The highest BCUT2D eigenvalue weighted by molar-refractivity contribution is 6.31. The van der Waals surface area contributed by atoms with Gasteiger partial charge in [-0.15, -0.1) is 0 Å². The number of ether oxygens (including phenoxy) is 8. The van der Waals surface area contributed by atoms with E-state index >= 15 is 0 Å². The van der Waals surface area contributed by atoms with Gasteiger partial charge < -0.3 is 42.8 Å². The minimum Gasteiger partial charge on any atom is -0.497 e. The quantitative estimate of drug-likeness (QED) is 0.182. The first kappa shape index (κ1) is 32.7. The van der Waals surface area contributed by atoms with E-state index in [4.69, 9.17) is 49.5 Å². The maximum atomic E-state index is 14.5. The van der Waals surface area contributed by atoms with Crippen molar-refractivity contribution in [1.29, 1.82) is 0 Å². The van der Waals surface area contributed by atoms with Gasteiger partial charge in [-0.1, -0.05) is 23.7 Å². The van der Waals surface area contributed by atoms with Gasteiger partial charge in [0.2, 0.25) is 0 Å². The highest BCUT2D eigenvalue weighted by atomic mass is 35.5. The Morgan fingerprint density at radius 1 is 0.909 bits per heavy atom. The molecule has 2 atom stereocenters. The Bertz CT molecular complexity index is 1480. The Morgan fingerprint density at radius 3 is 2.34 bits per heavy atom. The molecule has 0 aliphatic carbocycles. The minimum absolute atomic E-state index is 0.0224. The predicted molar refractivity (Wildman–Crippen MR) is 162 cm³/mol. The van der Waals surface area contributed by atoms with Crippen molar-refractivity contribution in [3.05, 3.63) is 70.2 Å². The number of fused-ring (bicyclic) bond motifs is 1. The van der Waals surface area contributed by atoms with Crippen LogP contribution in [0.25, 0.3) is 0 Å². The van der Waals surface area contributed by atoms with E-state index in [0.717, 1.165) is 0 Å². The van der Waals surface area contributed by atoms with Crippen LogP contribution in [0.2, 0.25) is 5.02 Å². The maximum absolute atomic E-state index is 14.5. The molecule has 1 amide bonds. The summed E-state index contributed by atoms with van der Waals surface area (Å²) in [6.45, 7) is 1.73. The zero-order valence-corrected chi connectivity index (χ0v) is 26.3. The number of rotatable bonds is 13. The smallest absolute Gasteiger partial charge is 0.308 e. The summed E-state index contributed by atoms with van der Waals surface area (Å²) in [4.78, 5) is 28.8. The molecule has 0 saturated carbocycles. The van der Waals surface area contributed by atoms with Crippen LogP contribution in [-0.2, 0) is 30.3 Å². The number of esters is 1. The van der Waals surface area contributed by atoms with Crippen molar-refractivity contribution in [2.75, 3.05) is 53.8 Å². The van der Waals surface area contributed by atoms with Gasteiger partial charge in [0.1, 0.15) is 29.5 Å². The van der Waals surface area contributed by atoms with Crippen molar-refractivity contribution >= 4 is 29.2 Å². The fourth-order valence-electron chi connectivity index (χ4n) is 5.07. The number of carbonyl (C=O) groups excluding carboxylic acids is 2. The van der Waals surface area contributed by atoms with Gasteiger partial charge in [-0.05, 0) is 31.2 Å². The van der Waals surface area contributed by atoms with Gasteiger partial charge in [0.25, 0.3) is 5.91 Å². The van der Waals surface area contributed by atoms with E-state index in [1.165, 1.54) is 33.3 Å². The molecule has 1 heterocycles. The van der Waals surface area contributed by atoms with Crippen molar-refractivity contribution in [2.45, 2.75) is 32.1 Å². The molecule has 0 aromatic heterocycles. The second-order valence-corrected chi connectivity index (χ2v) is 10.0. The molecule has 236 valence electrons. The predicted octanol–water partition coefficient (Wildman–Crippen LogP) is 5.33. The van der Waals surface area contributed by atoms with E-state index in [1.807, 2.05) is 0 Å². The molecule has 0 spiro atoms. The first-order valence-corrected chi connectivity index (χ1v) is 14.2. The Balaban J connectivity index is 2.00. The lowest BCUT2D eigenvalue weighted by atomic mass is 9.97. The standard InChI is InChI=1S/C32H36ClNO10/c1-7-42-28(35)16-27-32(36)34(17-19-11-12-21(38-3)15-25(19)40-5)29-23(13-20(33)14-26(29)43-18-37-2)30(44-27)22-9-8-10-24(39-4)31(22)41-6/h8-15,27,30H,7,16-18H2,1-6H3. The van der Waals surface area contributed by atoms with Crippen molar-refractivity contribution in [3.8, 4) is 28.7 Å². The van der Waals surface area contributed by atoms with E-state index in [0.29, 0.717) is 50.4 Å². The zero-order valence-electron chi connectivity index (χ0n) is 25.5. The van der Waals surface area contributed by atoms with Gasteiger partial charge in [0.15, 0.2) is 18.3 Å². The number of carbonyl (C=O) groups is 2. The summed E-state index contributed by atoms with van der Waals surface area (Å²) in [5.74, 6) is 1.07. The van der Waals surface area contributed by atoms with Gasteiger partial charge in [-0.2, -0.15) is 0 Å². The van der Waals surface area contributed by atoms with E-state index in [1.54, 1.807) is 62.6 Å². The summed E-state index contributed by atoms with van der Waals surface area (Å²) in [5.41, 5.74) is 2.06. The third-order valence-electron chi connectivity index (χ3n) is 6.99. The zero-order chi connectivity index (χ0) is 31.8. The number of para-hydroxylation sites is 1. The van der Waals surface area contributed by atoms with Gasteiger partial charge in [0, 0.05) is 41.0 Å². The molecule has 1 aliphatic heterocycles. The molecule has 4 rings (SSSR count). The van der Waals surface area contributed by atoms with Gasteiger partial charge in [-0.25, -0.2) is 0 Å². The summed E-state index contributed by atoms with van der Waals surface area (Å²) >= 11 is 6.64. The van der Waals surface area contributed by atoms with Crippen LogP contribution in [0.4, 0.5) is 5.69 Å². The Labute approximate surface area is 261 Å². The van der Waals surface area contributed by atoms with E-state index in [9.17, 15) is 9.59 Å². The minimum atomic E-state index is -1.26. The van der Waals surface area contributed by atoms with Crippen LogP contribution in [-0.4, -0.2) is 66.9 Å². The number of benzene rings is 3. The van der Waals surface area contributed by atoms with Crippen molar-refractivity contribution < 1.29 is 47.5 Å². The van der Waals surface area contributed by atoms with Crippen LogP contribution < -0.4 is 28.6 Å². The molecular weight excluding hydrogens is 594 g/mol. The summed E-state index contributed by atoms with van der Waals surface area (Å²) in [7, 11) is 7.59. The Morgan fingerprint density at radius 2 is 1.68 bits per heavy atom. The molecule has 0 fully saturated rings. The molecule has 44 heavy (non-hydrogen) atoms. The van der Waals surface area contributed by atoms with Crippen LogP contribution in [0.15, 0.2) is 48.5 Å². The maximum Gasteiger partial charge on any atom is 0.308 e. The number of methoxy groups -OCH3 is 5. The number of hydrogen-bond acceptors (Lipinski definition) is 10. The molecule has 0 bridgehead atoms.